The fourth-order valence-electron chi connectivity index (χ4n) is 3.32. The summed E-state index contributed by atoms with van der Waals surface area (Å²) in [4.78, 5) is 14.8. The number of nitrogens with zero attached hydrogens (tertiary/aromatic N) is 1. The summed E-state index contributed by atoms with van der Waals surface area (Å²) in [6.45, 7) is 2.71. The van der Waals surface area contributed by atoms with Gasteiger partial charge in [-0.25, -0.2) is 0 Å². The van der Waals surface area contributed by atoms with Gasteiger partial charge in [-0.15, -0.1) is 0 Å². The predicted octanol–water partition coefficient (Wildman–Crippen LogP) is 2.49. The Morgan fingerprint density at radius 3 is 2.40 bits per heavy atom. The lowest BCUT2D eigenvalue weighted by molar-refractivity contribution is -0.134. The Morgan fingerprint density at radius 1 is 1.00 bits per heavy atom. The van der Waals surface area contributed by atoms with Crippen LogP contribution in [-0.4, -0.2) is 29.9 Å². The largest absolute Gasteiger partial charge is 0.341 e. The monoisotopic (exact) mass is 272 g/mol. The Balaban J connectivity index is 1.65. The van der Waals surface area contributed by atoms with Crippen LogP contribution in [0.1, 0.15) is 43.2 Å². The zero-order valence-electron chi connectivity index (χ0n) is 12.1. The highest BCUT2D eigenvalue weighted by atomic mass is 16.2. The number of benzene rings is 1. The standard InChI is InChI=1S/C17H24N2O/c20-17(19-10-6-2-1-3-7-11-19)16-12-14-8-4-5-9-15(14)13-18-16/h4-5,8-9,16,18H,1-3,6-7,10-13H2/t16-/m0/s1. The second kappa shape index (κ2) is 6.40. The fraction of sp³-hybridized carbons (Fsp3) is 0.588. The van der Waals surface area contributed by atoms with E-state index in [0.29, 0.717) is 5.91 Å². The molecule has 0 aliphatic carbocycles. The number of carbonyl (C=O) groups excluding carboxylic acids is 1. The molecule has 2 heterocycles. The molecule has 0 aromatic heterocycles. The number of rotatable bonds is 1. The lowest BCUT2D eigenvalue weighted by Crippen LogP contribution is -2.50. The van der Waals surface area contributed by atoms with E-state index in [1.54, 1.807) is 0 Å². The molecule has 2 aliphatic heterocycles. The van der Waals surface area contributed by atoms with Crippen LogP contribution in [0.4, 0.5) is 0 Å². The van der Waals surface area contributed by atoms with Crippen molar-refractivity contribution in [2.24, 2.45) is 0 Å². The maximum atomic E-state index is 12.7. The van der Waals surface area contributed by atoms with E-state index in [1.165, 1.54) is 30.4 Å². The van der Waals surface area contributed by atoms with Gasteiger partial charge in [0, 0.05) is 19.6 Å². The van der Waals surface area contributed by atoms with Gasteiger partial charge in [-0.2, -0.15) is 0 Å². The molecule has 1 saturated heterocycles. The predicted molar refractivity (Wildman–Crippen MR) is 80.4 cm³/mol. The topological polar surface area (TPSA) is 32.3 Å². The van der Waals surface area contributed by atoms with E-state index < -0.39 is 0 Å². The Kier molecular flexibility index (Phi) is 4.36. The lowest BCUT2D eigenvalue weighted by Gasteiger charge is -2.32. The summed E-state index contributed by atoms with van der Waals surface area (Å²) >= 11 is 0. The lowest BCUT2D eigenvalue weighted by atomic mass is 9.95. The molecule has 1 aromatic carbocycles. The van der Waals surface area contributed by atoms with Crippen molar-refractivity contribution in [1.82, 2.24) is 10.2 Å². The zero-order valence-corrected chi connectivity index (χ0v) is 12.1. The molecule has 20 heavy (non-hydrogen) atoms. The highest BCUT2D eigenvalue weighted by Crippen LogP contribution is 2.18. The van der Waals surface area contributed by atoms with Crippen LogP contribution in [0.25, 0.3) is 0 Å². The zero-order chi connectivity index (χ0) is 13.8. The van der Waals surface area contributed by atoms with E-state index in [4.69, 9.17) is 0 Å². The van der Waals surface area contributed by atoms with E-state index in [1.807, 2.05) is 0 Å². The maximum absolute atomic E-state index is 12.7. The Labute approximate surface area is 121 Å². The molecular weight excluding hydrogens is 248 g/mol. The van der Waals surface area contributed by atoms with Crippen molar-refractivity contribution in [3.8, 4) is 0 Å². The molecule has 1 N–H and O–H groups in total. The van der Waals surface area contributed by atoms with Crippen LogP contribution in [0.3, 0.4) is 0 Å². The van der Waals surface area contributed by atoms with Crippen LogP contribution in [-0.2, 0) is 17.8 Å². The van der Waals surface area contributed by atoms with Crippen LogP contribution < -0.4 is 5.32 Å². The highest BCUT2D eigenvalue weighted by Gasteiger charge is 2.27. The summed E-state index contributed by atoms with van der Waals surface area (Å²) in [7, 11) is 0. The number of hydrogen-bond acceptors (Lipinski definition) is 2. The second-order valence-electron chi connectivity index (χ2n) is 6.00. The molecule has 1 atom stereocenters. The van der Waals surface area contributed by atoms with Crippen molar-refractivity contribution < 1.29 is 4.79 Å². The highest BCUT2D eigenvalue weighted by molar-refractivity contribution is 5.82. The van der Waals surface area contributed by atoms with Gasteiger partial charge in [0.1, 0.15) is 0 Å². The first kappa shape index (κ1) is 13.6. The summed E-state index contributed by atoms with van der Waals surface area (Å²) < 4.78 is 0. The van der Waals surface area contributed by atoms with Gasteiger partial charge in [-0.1, -0.05) is 43.5 Å². The second-order valence-corrected chi connectivity index (χ2v) is 6.00. The SMILES string of the molecule is O=C([C@@H]1Cc2ccccc2CN1)N1CCCCCCC1. The summed E-state index contributed by atoms with van der Waals surface area (Å²) in [5, 5.41) is 3.42. The number of carbonyl (C=O) groups is 1. The van der Waals surface area contributed by atoms with Crippen LogP contribution in [0, 0.1) is 0 Å². The quantitative estimate of drug-likeness (QED) is 0.852. The normalized spacial score (nSPS) is 23.6. The number of amides is 1. The minimum atomic E-state index is -0.0238. The third-order valence-corrected chi connectivity index (χ3v) is 4.55. The van der Waals surface area contributed by atoms with Gasteiger partial charge in [-0.05, 0) is 30.4 Å². The van der Waals surface area contributed by atoms with Gasteiger partial charge < -0.3 is 10.2 Å². The van der Waals surface area contributed by atoms with Gasteiger partial charge in [0.2, 0.25) is 5.91 Å². The van der Waals surface area contributed by atoms with E-state index in [9.17, 15) is 4.79 Å². The van der Waals surface area contributed by atoms with Crippen LogP contribution in [0.5, 0.6) is 0 Å². The van der Waals surface area contributed by atoms with Gasteiger partial charge in [-0.3, -0.25) is 4.79 Å². The van der Waals surface area contributed by atoms with Gasteiger partial charge in [0.25, 0.3) is 0 Å². The Hall–Kier alpha value is -1.35. The van der Waals surface area contributed by atoms with Crippen LogP contribution in [0.2, 0.25) is 0 Å². The molecule has 0 spiro atoms. The first-order valence-corrected chi connectivity index (χ1v) is 7.93. The van der Waals surface area contributed by atoms with Crippen molar-refractivity contribution >= 4 is 5.91 Å². The molecule has 3 heteroatoms. The maximum Gasteiger partial charge on any atom is 0.240 e. The molecule has 3 rings (SSSR count). The van der Waals surface area contributed by atoms with Gasteiger partial charge in [0.05, 0.1) is 6.04 Å². The first-order chi connectivity index (χ1) is 9.84. The third kappa shape index (κ3) is 3.04. The molecular formula is C17H24N2O. The summed E-state index contributed by atoms with van der Waals surface area (Å²) in [5.41, 5.74) is 2.67. The minimum absolute atomic E-state index is 0.0238. The smallest absolute Gasteiger partial charge is 0.240 e. The number of likely N-dealkylation sites (tertiary alicyclic amines) is 1. The summed E-state index contributed by atoms with van der Waals surface area (Å²) in [5.74, 6) is 0.307. The Morgan fingerprint density at radius 2 is 1.65 bits per heavy atom. The van der Waals surface area contributed by atoms with E-state index >= 15 is 0 Å². The fourth-order valence-corrected chi connectivity index (χ4v) is 3.32. The van der Waals surface area contributed by atoms with Gasteiger partial charge >= 0.3 is 0 Å². The average molecular weight is 272 g/mol. The summed E-state index contributed by atoms with van der Waals surface area (Å²) in [6, 6.07) is 8.43. The Bertz CT molecular complexity index is 464. The van der Waals surface area contributed by atoms with E-state index in [-0.39, 0.29) is 6.04 Å². The first-order valence-electron chi connectivity index (χ1n) is 7.93. The minimum Gasteiger partial charge on any atom is -0.341 e. The van der Waals surface area contributed by atoms with Crippen LogP contribution in [0.15, 0.2) is 24.3 Å². The third-order valence-electron chi connectivity index (χ3n) is 4.55. The molecule has 1 amide bonds. The molecule has 0 radical (unpaired) electrons. The van der Waals surface area contributed by atoms with Crippen molar-refractivity contribution in [2.75, 3.05) is 13.1 Å². The molecule has 1 fully saturated rings. The number of fused-ring (bicyclic) bond motifs is 1. The van der Waals surface area contributed by atoms with Crippen molar-refractivity contribution in [2.45, 2.75) is 51.1 Å². The van der Waals surface area contributed by atoms with Gasteiger partial charge in [0.15, 0.2) is 0 Å². The molecule has 0 saturated carbocycles. The molecule has 0 unspecified atom stereocenters. The van der Waals surface area contributed by atoms with E-state index in [2.05, 4.69) is 34.5 Å². The number of hydrogen-bond donors (Lipinski definition) is 1. The number of nitrogens with one attached hydrogen (secondary N) is 1. The molecule has 3 nitrogen and oxygen atoms in total. The molecule has 0 bridgehead atoms. The molecule has 1 aromatic rings. The van der Waals surface area contributed by atoms with Crippen molar-refractivity contribution in [1.29, 1.82) is 0 Å². The van der Waals surface area contributed by atoms with Crippen LogP contribution >= 0.6 is 0 Å². The van der Waals surface area contributed by atoms with Crippen molar-refractivity contribution in [3.05, 3.63) is 35.4 Å². The average Bonchev–Trinajstić information content (AvgIpc) is 2.46. The van der Waals surface area contributed by atoms with Crippen molar-refractivity contribution in [3.63, 3.8) is 0 Å². The molecule has 108 valence electrons. The molecule has 2 aliphatic rings. The summed E-state index contributed by atoms with van der Waals surface area (Å²) in [6.07, 6.45) is 7.03. The van der Waals surface area contributed by atoms with E-state index in [0.717, 1.165) is 38.9 Å².